The zero-order valence-electron chi connectivity index (χ0n) is 14.5. The van der Waals surface area contributed by atoms with E-state index in [1.807, 2.05) is 67.6 Å². The molecule has 0 heterocycles. The van der Waals surface area contributed by atoms with E-state index in [0.717, 1.165) is 11.1 Å². The largest absolute Gasteiger partial charge is 0.488 e. The van der Waals surface area contributed by atoms with Gasteiger partial charge < -0.3 is 10.1 Å². The van der Waals surface area contributed by atoms with Gasteiger partial charge in [-0.15, -0.1) is 0 Å². The molecule has 0 saturated carbocycles. The van der Waals surface area contributed by atoms with E-state index in [9.17, 15) is 4.79 Å². The first-order chi connectivity index (χ1) is 12.6. The zero-order chi connectivity index (χ0) is 18.4. The number of benzene rings is 3. The number of halogens is 1. The lowest BCUT2D eigenvalue weighted by molar-refractivity contribution is 0.0935. The van der Waals surface area contributed by atoms with E-state index >= 15 is 0 Å². The standard InChI is InChI=1S/C22H20ClNO2/c1-16(18-10-6-3-7-11-18)24-22(25)20-14-19(23)12-13-21(20)26-15-17-8-4-2-5-9-17/h2-14,16H,15H2,1H3,(H,24,25)/t16-/m0/s1. The number of nitrogens with one attached hydrogen (secondary N) is 1. The Balaban J connectivity index is 1.75. The van der Waals surface area contributed by atoms with Crippen LogP contribution in [0.1, 0.15) is 34.5 Å². The Kier molecular flexibility index (Phi) is 5.92. The molecule has 1 atom stereocenters. The highest BCUT2D eigenvalue weighted by atomic mass is 35.5. The van der Waals surface area contributed by atoms with Crippen LogP contribution in [0.2, 0.25) is 5.02 Å². The third kappa shape index (κ3) is 4.64. The van der Waals surface area contributed by atoms with Gasteiger partial charge in [-0.25, -0.2) is 0 Å². The van der Waals surface area contributed by atoms with E-state index < -0.39 is 0 Å². The van der Waals surface area contributed by atoms with Crippen molar-refractivity contribution >= 4 is 17.5 Å². The summed E-state index contributed by atoms with van der Waals surface area (Å²) in [6.07, 6.45) is 0. The van der Waals surface area contributed by atoms with Crippen LogP contribution in [0.5, 0.6) is 5.75 Å². The molecule has 0 fully saturated rings. The van der Waals surface area contributed by atoms with E-state index in [4.69, 9.17) is 16.3 Å². The van der Waals surface area contributed by atoms with Crippen LogP contribution in [0.4, 0.5) is 0 Å². The van der Waals surface area contributed by atoms with Crippen LogP contribution in [-0.2, 0) is 6.61 Å². The molecule has 0 bridgehead atoms. The molecule has 3 rings (SSSR count). The summed E-state index contributed by atoms with van der Waals surface area (Å²) in [5.41, 5.74) is 2.50. The van der Waals surface area contributed by atoms with Crippen molar-refractivity contribution in [3.63, 3.8) is 0 Å². The molecule has 3 aromatic rings. The van der Waals surface area contributed by atoms with Crippen LogP contribution < -0.4 is 10.1 Å². The SMILES string of the molecule is C[C@H](NC(=O)c1cc(Cl)ccc1OCc1ccccc1)c1ccccc1. The van der Waals surface area contributed by atoms with Crippen molar-refractivity contribution in [3.8, 4) is 5.75 Å². The van der Waals surface area contributed by atoms with Crippen molar-refractivity contribution in [2.75, 3.05) is 0 Å². The summed E-state index contributed by atoms with van der Waals surface area (Å²) in [6.45, 7) is 2.33. The third-order valence-electron chi connectivity index (χ3n) is 4.07. The van der Waals surface area contributed by atoms with Crippen LogP contribution in [0, 0.1) is 0 Å². The summed E-state index contributed by atoms with van der Waals surface area (Å²) in [5.74, 6) is 0.294. The lowest BCUT2D eigenvalue weighted by Crippen LogP contribution is -2.27. The topological polar surface area (TPSA) is 38.3 Å². The van der Waals surface area contributed by atoms with Crippen molar-refractivity contribution in [3.05, 3.63) is 101 Å². The first-order valence-electron chi connectivity index (χ1n) is 8.45. The highest BCUT2D eigenvalue weighted by Crippen LogP contribution is 2.25. The molecule has 1 N–H and O–H groups in total. The molecule has 1 amide bonds. The monoisotopic (exact) mass is 365 g/mol. The maximum absolute atomic E-state index is 12.8. The van der Waals surface area contributed by atoms with Crippen molar-refractivity contribution in [1.29, 1.82) is 0 Å². The van der Waals surface area contributed by atoms with Gasteiger partial charge in [-0.3, -0.25) is 4.79 Å². The highest BCUT2D eigenvalue weighted by molar-refractivity contribution is 6.31. The molecule has 3 nitrogen and oxygen atoms in total. The van der Waals surface area contributed by atoms with Gasteiger partial charge in [-0.1, -0.05) is 72.3 Å². The molecule has 0 spiro atoms. The molecule has 3 aromatic carbocycles. The molecule has 0 radical (unpaired) electrons. The number of rotatable bonds is 6. The molecule has 132 valence electrons. The number of hydrogen-bond donors (Lipinski definition) is 1. The smallest absolute Gasteiger partial charge is 0.255 e. The van der Waals surface area contributed by atoms with E-state index in [0.29, 0.717) is 22.9 Å². The Morgan fingerprint density at radius 3 is 2.35 bits per heavy atom. The molecule has 0 aliphatic heterocycles. The fourth-order valence-electron chi connectivity index (χ4n) is 2.64. The van der Waals surface area contributed by atoms with Gasteiger partial charge in [0.05, 0.1) is 11.6 Å². The average molecular weight is 366 g/mol. The quantitative estimate of drug-likeness (QED) is 0.634. The van der Waals surface area contributed by atoms with Crippen molar-refractivity contribution in [2.24, 2.45) is 0 Å². The fourth-order valence-corrected chi connectivity index (χ4v) is 2.81. The van der Waals surface area contributed by atoms with Gasteiger partial charge in [0.2, 0.25) is 0 Å². The van der Waals surface area contributed by atoms with Crippen molar-refractivity contribution < 1.29 is 9.53 Å². The van der Waals surface area contributed by atoms with Crippen molar-refractivity contribution in [1.82, 2.24) is 5.32 Å². The summed E-state index contributed by atoms with van der Waals surface area (Å²) in [5, 5.41) is 3.50. The average Bonchev–Trinajstić information content (AvgIpc) is 2.68. The number of ether oxygens (including phenoxy) is 1. The van der Waals surface area contributed by atoms with Crippen LogP contribution in [-0.4, -0.2) is 5.91 Å². The molecule has 0 unspecified atom stereocenters. The predicted octanol–water partition coefficient (Wildman–Crippen LogP) is 5.41. The molecule has 0 aliphatic rings. The Morgan fingerprint density at radius 2 is 1.65 bits per heavy atom. The molecule has 0 saturated heterocycles. The first kappa shape index (κ1) is 18.0. The van der Waals surface area contributed by atoms with E-state index in [2.05, 4.69) is 5.32 Å². The fraction of sp³-hybridized carbons (Fsp3) is 0.136. The number of carbonyl (C=O) groups is 1. The number of hydrogen-bond acceptors (Lipinski definition) is 2. The molecule has 26 heavy (non-hydrogen) atoms. The summed E-state index contributed by atoms with van der Waals surface area (Å²) in [4.78, 5) is 12.8. The second-order valence-electron chi connectivity index (χ2n) is 6.02. The molecule has 0 aromatic heterocycles. The highest BCUT2D eigenvalue weighted by Gasteiger charge is 2.16. The lowest BCUT2D eigenvalue weighted by atomic mass is 10.1. The Bertz CT molecular complexity index is 866. The van der Waals surface area contributed by atoms with Crippen LogP contribution in [0.3, 0.4) is 0 Å². The Labute approximate surface area is 158 Å². The second-order valence-corrected chi connectivity index (χ2v) is 6.46. The summed E-state index contributed by atoms with van der Waals surface area (Å²) in [6, 6.07) is 24.6. The minimum absolute atomic E-state index is 0.121. The predicted molar refractivity (Wildman–Crippen MR) is 105 cm³/mol. The van der Waals surface area contributed by atoms with Gasteiger partial charge in [-0.2, -0.15) is 0 Å². The molecule has 4 heteroatoms. The summed E-state index contributed by atoms with van der Waals surface area (Å²) in [7, 11) is 0. The first-order valence-corrected chi connectivity index (χ1v) is 8.83. The van der Waals surface area contributed by atoms with Crippen molar-refractivity contribution in [2.45, 2.75) is 19.6 Å². The maximum Gasteiger partial charge on any atom is 0.255 e. The lowest BCUT2D eigenvalue weighted by Gasteiger charge is -2.17. The van der Waals surface area contributed by atoms with E-state index in [1.165, 1.54) is 0 Å². The van der Waals surface area contributed by atoms with Gasteiger partial charge in [0.15, 0.2) is 0 Å². The van der Waals surface area contributed by atoms with Gasteiger partial charge in [-0.05, 0) is 36.2 Å². The minimum atomic E-state index is -0.216. The Morgan fingerprint density at radius 1 is 1.00 bits per heavy atom. The molecular weight excluding hydrogens is 346 g/mol. The van der Waals surface area contributed by atoms with Crippen LogP contribution >= 0.6 is 11.6 Å². The molecule has 0 aliphatic carbocycles. The van der Waals surface area contributed by atoms with Crippen LogP contribution in [0.25, 0.3) is 0 Å². The maximum atomic E-state index is 12.8. The number of carbonyl (C=O) groups excluding carboxylic acids is 1. The third-order valence-corrected chi connectivity index (χ3v) is 4.31. The normalized spacial score (nSPS) is 11.6. The molecular formula is C22H20ClNO2. The summed E-state index contributed by atoms with van der Waals surface area (Å²) < 4.78 is 5.87. The number of amides is 1. The second kappa shape index (κ2) is 8.54. The van der Waals surface area contributed by atoms with E-state index in [1.54, 1.807) is 18.2 Å². The van der Waals surface area contributed by atoms with Gasteiger partial charge in [0, 0.05) is 5.02 Å². The minimum Gasteiger partial charge on any atom is -0.488 e. The zero-order valence-corrected chi connectivity index (χ0v) is 15.2. The van der Waals surface area contributed by atoms with Gasteiger partial charge in [0.1, 0.15) is 12.4 Å². The van der Waals surface area contributed by atoms with Gasteiger partial charge in [0.25, 0.3) is 5.91 Å². The summed E-state index contributed by atoms with van der Waals surface area (Å²) >= 11 is 6.10. The van der Waals surface area contributed by atoms with Crippen LogP contribution in [0.15, 0.2) is 78.9 Å². The van der Waals surface area contributed by atoms with Gasteiger partial charge >= 0.3 is 0 Å². The Hall–Kier alpha value is -2.78. The van der Waals surface area contributed by atoms with E-state index in [-0.39, 0.29) is 11.9 Å².